The molecule has 0 heterocycles. The zero-order valence-corrected chi connectivity index (χ0v) is 23.8. The molecule has 0 saturated carbocycles. The maximum absolute atomic E-state index is 14.4. The Hall–Kier alpha value is -4.00. The van der Waals surface area contributed by atoms with Gasteiger partial charge in [-0.3, -0.25) is 4.90 Å². The topological polar surface area (TPSA) is 119 Å². The highest BCUT2D eigenvalue weighted by atomic mass is 31.2. The third-order valence-electron chi connectivity index (χ3n) is 5.53. The van der Waals surface area contributed by atoms with E-state index in [9.17, 15) is 9.36 Å². The number of amides is 1. The fraction of sp³-hybridized carbons (Fsp3) is 0.300. The third-order valence-corrected chi connectivity index (χ3v) is 7.61. The number of carbonyl (C=O) groups excluding carboxylic acids is 1. The monoisotopic (exact) mass is 582 g/mol. The fourth-order valence-corrected chi connectivity index (χ4v) is 5.19. The van der Waals surface area contributed by atoms with E-state index in [1.807, 2.05) is 0 Å². The third kappa shape index (κ3) is 10.5. The number of nitrogens with two attached hydrogens (primary N) is 1. The molecule has 1 unspecified atom stereocenters. The van der Waals surface area contributed by atoms with E-state index in [0.717, 1.165) is 0 Å². The highest BCUT2D eigenvalue weighted by Gasteiger charge is 2.43. The quantitative estimate of drug-likeness (QED) is 0.0940. The molecule has 3 aromatic carbocycles. The van der Waals surface area contributed by atoms with Gasteiger partial charge < -0.3 is 33.7 Å². The maximum atomic E-state index is 14.4. The highest BCUT2D eigenvalue weighted by molar-refractivity contribution is 7.55. The summed E-state index contributed by atoms with van der Waals surface area (Å²) in [7, 11) is -4.08. The first-order valence-corrected chi connectivity index (χ1v) is 14.6. The highest BCUT2D eigenvalue weighted by Crippen LogP contribution is 2.54. The largest absolute Gasteiger partial charge is 0.453 e. The van der Waals surface area contributed by atoms with E-state index in [-0.39, 0.29) is 19.8 Å². The molecule has 218 valence electrons. The molecule has 0 saturated heterocycles. The number of para-hydroxylation sites is 2. The molecule has 0 spiro atoms. The van der Waals surface area contributed by atoms with Crippen molar-refractivity contribution in [2.45, 2.75) is 12.7 Å². The van der Waals surface area contributed by atoms with Gasteiger partial charge in [-0.2, -0.15) is 0 Å². The number of ether oxygens (including phenoxy) is 4. The Kier molecular flexibility index (Phi) is 13.0. The smallest absolute Gasteiger partial charge is 0.447 e. The lowest BCUT2D eigenvalue weighted by atomic mass is 10.2. The number of benzene rings is 3. The van der Waals surface area contributed by atoms with Crippen molar-refractivity contribution in [3.63, 3.8) is 0 Å². The van der Waals surface area contributed by atoms with Crippen LogP contribution < -0.4 is 19.7 Å². The number of hydrogen-bond donors (Lipinski definition) is 1. The molecular weight excluding hydrogens is 547 g/mol. The average molecular weight is 583 g/mol. The molecule has 0 aliphatic rings. The van der Waals surface area contributed by atoms with Crippen molar-refractivity contribution >= 4 is 25.1 Å². The van der Waals surface area contributed by atoms with E-state index < -0.39 is 19.5 Å². The second-order valence-electron chi connectivity index (χ2n) is 8.54. The van der Waals surface area contributed by atoms with E-state index in [1.54, 1.807) is 91.9 Å². The number of nitrogens with zero attached hydrogens (tertiary/aromatic N) is 1. The molecule has 0 aliphatic heterocycles. The predicted octanol–water partition coefficient (Wildman–Crippen LogP) is 5.59. The van der Waals surface area contributed by atoms with E-state index in [2.05, 4.69) is 5.92 Å². The molecule has 2 N–H and O–H groups in total. The van der Waals surface area contributed by atoms with Crippen molar-refractivity contribution in [3.8, 4) is 23.8 Å². The predicted molar refractivity (Wildman–Crippen MR) is 157 cm³/mol. The standard InChI is InChI=1S/C30H35N2O8P/c1-3-18-35-19-20-36-21-22-37-23-24-38-30(33)32(27-16-14-26(31)15-17-27)25(2)41(34,39-28-10-6-4-7-11-28)40-29-12-8-5-9-13-29/h1,4-17,25H,18-24,31H2,2H3. The van der Waals surface area contributed by atoms with Gasteiger partial charge in [-0.05, 0) is 55.5 Å². The Balaban J connectivity index is 1.69. The van der Waals surface area contributed by atoms with E-state index in [1.165, 1.54) is 4.90 Å². The van der Waals surface area contributed by atoms with Crippen LogP contribution in [0.2, 0.25) is 0 Å². The minimum atomic E-state index is -4.08. The average Bonchev–Trinajstić information content (AvgIpc) is 2.98. The molecule has 3 rings (SSSR count). The summed E-state index contributed by atoms with van der Waals surface area (Å²) in [5, 5.41) is 0. The van der Waals surface area contributed by atoms with Crippen LogP contribution in [0.3, 0.4) is 0 Å². The maximum Gasteiger partial charge on any atom is 0.453 e. The molecule has 0 aliphatic carbocycles. The van der Waals surface area contributed by atoms with Gasteiger partial charge in [0, 0.05) is 11.4 Å². The Labute approximate surface area is 240 Å². The summed E-state index contributed by atoms with van der Waals surface area (Å²) >= 11 is 0. The van der Waals surface area contributed by atoms with Gasteiger partial charge in [0.1, 0.15) is 24.7 Å². The molecule has 1 atom stereocenters. The minimum Gasteiger partial charge on any atom is -0.447 e. The van der Waals surface area contributed by atoms with Gasteiger partial charge in [-0.1, -0.05) is 42.3 Å². The van der Waals surface area contributed by atoms with Crippen LogP contribution in [0.1, 0.15) is 6.92 Å². The number of anilines is 2. The zero-order chi connectivity index (χ0) is 29.3. The molecule has 0 bridgehead atoms. The Morgan fingerprint density at radius 3 is 1.80 bits per heavy atom. The molecule has 0 fully saturated rings. The summed E-state index contributed by atoms with van der Waals surface area (Å²) in [6.45, 7) is 3.33. The SMILES string of the molecule is C#CCOCCOCCOCCOC(=O)N(c1ccc(N)cc1)C(C)P(=O)(Oc1ccccc1)Oc1ccccc1. The number of hydrogen-bond acceptors (Lipinski definition) is 9. The summed E-state index contributed by atoms with van der Waals surface area (Å²) < 4.78 is 47.8. The van der Waals surface area contributed by atoms with Crippen molar-refractivity contribution < 1.29 is 37.4 Å². The van der Waals surface area contributed by atoms with Gasteiger partial charge in [0.2, 0.25) is 0 Å². The number of nitrogen functional groups attached to an aromatic ring is 1. The van der Waals surface area contributed by atoms with Crippen molar-refractivity contribution in [2.75, 3.05) is 56.9 Å². The van der Waals surface area contributed by atoms with Crippen LogP contribution in [0.4, 0.5) is 16.2 Å². The van der Waals surface area contributed by atoms with Crippen LogP contribution in [-0.2, 0) is 23.5 Å². The van der Waals surface area contributed by atoms with E-state index in [4.69, 9.17) is 40.2 Å². The first kappa shape index (κ1) is 31.5. The Morgan fingerprint density at radius 1 is 0.805 bits per heavy atom. The molecule has 0 radical (unpaired) electrons. The van der Waals surface area contributed by atoms with Gasteiger partial charge in [0.25, 0.3) is 0 Å². The van der Waals surface area contributed by atoms with Crippen LogP contribution >= 0.6 is 7.60 Å². The normalized spacial score (nSPS) is 11.7. The lowest BCUT2D eigenvalue weighted by Gasteiger charge is -2.33. The van der Waals surface area contributed by atoms with Crippen molar-refractivity contribution in [1.82, 2.24) is 0 Å². The second kappa shape index (κ2) is 17.0. The minimum absolute atomic E-state index is 0.0499. The summed E-state index contributed by atoms with van der Waals surface area (Å²) in [6, 6.07) is 23.7. The van der Waals surface area contributed by atoms with Crippen molar-refractivity contribution in [2.24, 2.45) is 0 Å². The number of terminal acetylenes is 1. The van der Waals surface area contributed by atoms with Crippen LogP contribution in [0.15, 0.2) is 84.9 Å². The fourth-order valence-electron chi connectivity index (χ4n) is 3.51. The van der Waals surface area contributed by atoms with Crippen molar-refractivity contribution in [3.05, 3.63) is 84.9 Å². The molecule has 11 heteroatoms. The lowest BCUT2D eigenvalue weighted by molar-refractivity contribution is 0.0103. The summed E-state index contributed by atoms with van der Waals surface area (Å²) in [4.78, 5) is 14.6. The van der Waals surface area contributed by atoms with Crippen LogP contribution in [0.25, 0.3) is 0 Å². The Morgan fingerprint density at radius 2 is 1.29 bits per heavy atom. The molecule has 3 aromatic rings. The van der Waals surface area contributed by atoms with Crippen LogP contribution in [0.5, 0.6) is 11.5 Å². The first-order valence-electron chi connectivity index (χ1n) is 13.0. The Bertz CT molecular complexity index is 1220. The van der Waals surface area contributed by atoms with Gasteiger partial charge >= 0.3 is 13.7 Å². The zero-order valence-electron chi connectivity index (χ0n) is 22.9. The molecule has 10 nitrogen and oxygen atoms in total. The van der Waals surface area contributed by atoms with Gasteiger partial charge in [0.05, 0.1) is 33.0 Å². The summed E-state index contributed by atoms with van der Waals surface area (Å²) in [5.41, 5.74) is 6.76. The molecule has 41 heavy (non-hydrogen) atoms. The van der Waals surface area contributed by atoms with Crippen LogP contribution in [0, 0.1) is 12.3 Å². The molecule has 1 amide bonds. The van der Waals surface area contributed by atoms with Gasteiger partial charge in [-0.25, -0.2) is 9.36 Å². The summed E-state index contributed by atoms with van der Waals surface area (Å²) in [6.07, 6.45) is 4.35. The van der Waals surface area contributed by atoms with Crippen molar-refractivity contribution in [1.29, 1.82) is 0 Å². The van der Waals surface area contributed by atoms with E-state index >= 15 is 0 Å². The second-order valence-corrected chi connectivity index (χ2v) is 10.7. The number of carbonyl (C=O) groups is 1. The summed E-state index contributed by atoms with van der Waals surface area (Å²) in [5.74, 6) is 1.91. The van der Waals surface area contributed by atoms with Gasteiger partial charge in [0.15, 0.2) is 5.78 Å². The molecule has 0 aromatic heterocycles. The number of rotatable bonds is 17. The van der Waals surface area contributed by atoms with E-state index in [0.29, 0.717) is 49.3 Å². The van der Waals surface area contributed by atoms with Gasteiger partial charge in [-0.15, -0.1) is 6.42 Å². The molecular formula is C30H35N2O8P. The van der Waals surface area contributed by atoms with Crippen LogP contribution in [-0.4, -0.2) is 58.1 Å². The first-order chi connectivity index (χ1) is 19.9. The lowest BCUT2D eigenvalue weighted by Crippen LogP contribution is -2.41.